The Bertz CT molecular complexity index is 3980. The predicted octanol–water partition coefficient (Wildman–Crippen LogP) is 18.0. The van der Waals surface area contributed by atoms with Gasteiger partial charge in [0.1, 0.15) is 0 Å². The van der Waals surface area contributed by atoms with Crippen molar-refractivity contribution in [1.82, 2.24) is 0 Å². The lowest BCUT2D eigenvalue weighted by Gasteiger charge is -2.51. The molecule has 2 heterocycles. The third-order valence-corrected chi connectivity index (χ3v) is 18.3. The Balaban J connectivity index is 0.997. The minimum absolute atomic E-state index is 0.179. The third kappa shape index (κ3) is 8.54. The zero-order valence-electron chi connectivity index (χ0n) is 45.7. The van der Waals surface area contributed by atoms with E-state index in [0.29, 0.717) is 11.8 Å². The SMILES string of the molecule is CCCCc1cccc2c1=CC=C1CC=2c2ccccc2C(CC)(C2C[n+]3ccc4ccccc4c3-c3cc(-c4cccc(-c5cc(-c6ccccc6)cc(N(c6ccccc6)c6ccccc6)c5)c4)ccc32)C(CC)C1C. The molecule has 0 saturated carbocycles. The van der Waals surface area contributed by atoms with Crippen molar-refractivity contribution in [3.05, 3.63) is 275 Å². The van der Waals surface area contributed by atoms with Crippen molar-refractivity contribution in [2.75, 3.05) is 4.90 Å². The summed E-state index contributed by atoms with van der Waals surface area (Å²) in [4.78, 5) is 2.38. The van der Waals surface area contributed by atoms with E-state index in [4.69, 9.17) is 0 Å². The normalized spacial score (nSPS) is 18.2. The number of benzene rings is 9. The van der Waals surface area contributed by atoms with Gasteiger partial charge in [-0.25, -0.2) is 0 Å². The Morgan fingerprint density at radius 1 is 0.538 bits per heavy atom. The Hall–Kier alpha value is -8.33. The van der Waals surface area contributed by atoms with Crippen LogP contribution in [0.3, 0.4) is 0 Å². The topological polar surface area (TPSA) is 7.12 Å². The summed E-state index contributed by atoms with van der Waals surface area (Å²) in [5, 5.41) is 5.43. The second-order valence-corrected chi connectivity index (χ2v) is 22.3. The molecule has 9 aromatic carbocycles. The number of pyridine rings is 1. The van der Waals surface area contributed by atoms with E-state index in [9.17, 15) is 0 Å². The van der Waals surface area contributed by atoms with Crippen LogP contribution < -0.4 is 19.9 Å². The van der Waals surface area contributed by atoms with E-state index in [1.165, 1.54) is 107 Å². The van der Waals surface area contributed by atoms with Crippen LogP contribution in [0.15, 0.2) is 242 Å². The van der Waals surface area contributed by atoms with Crippen molar-refractivity contribution in [1.29, 1.82) is 0 Å². The van der Waals surface area contributed by atoms with Crippen molar-refractivity contribution < 1.29 is 4.57 Å². The van der Waals surface area contributed by atoms with Gasteiger partial charge >= 0.3 is 0 Å². The van der Waals surface area contributed by atoms with Crippen LogP contribution in [0.4, 0.5) is 17.1 Å². The molecular weight excluding hydrogens is 941 g/mol. The lowest BCUT2D eigenvalue weighted by Crippen LogP contribution is -2.53. The van der Waals surface area contributed by atoms with Crippen molar-refractivity contribution >= 4 is 39.5 Å². The first-order valence-electron chi connectivity index (χ1n) is 28.8. The summed E-state index contributed by atoms with van der Waals surface area (Å²) < 4.78 is 2.64. The van der Waals surface area contributed by atoms with E-state index < -0.39 is 0 Å². The van der Waals surface area contributed by atoms with Crippen LogP contribution in [0, 0.1) is 11.8 Å². The van der Waals surface area contributed by atoms with Gasteiger partial charge in [0.2, 0.25) is 5.69 Å². The van der Waals surface area contributed by atoms with Crippen molar-refractivity contribution in [3.63, 3.8) is 0 Å². The monoisotopic (exact) mass is 1010 g/mol. The molecule has 2 nitrogen and oxygen atoms in total. The number of para-hydroxylation sites is 2. The van der Waals surface area contributed by atoms with Gasteiger partial charge in [0.15, 0.2) is 12.7 Å². The van der Waals surface area contributed by atoms with Crippen LogP contribution >= 0.6 is 0 Å². The molecule has 2 heteroatoms. The van der Waals surface area contributed by atoms with Gasteiger partial charge in [-0.1, -0.05) is 216 Å². The van der Waals surface area contributed by atoms with Crippen LogP contribution in [0.25, 0.3) is 67.1 Å². The molecule has 10 aromatic rings. The minimum Gasteiger partial charge on any atom is -0.310 e. The van der Waals surface area contributed by atoms with Crippen LogP contribution in [-0.4, -0.2) is 0 Å². The molecule has 2 bridgehead atoms. The number of fused-ring (bicyclic) bond motifs is 10. The standard InChI is InChI=1S/C76H69N2/c1-5-8-24-54-28-23-37-67-65(54)41-39-56-49-70(67)68-36-20-21-38-73(68)76(7-3,72(6-2)52(56)4)74-51-77-44-43-55-27-18-19-35-66(55)75(77)71-50-59(40-42-69(71)74)57-29-22-30-58(45-57)61-46-60(53-25-12-9-13-26-53)47-64(48-61)78(62-31-14-10-15-32-62)63-33-16-11-17-34-63/h9-23,25-48,50,52,72,74H,5-8,24,49,51H2,1-4H3/q+1. The fourth-order valence-electron chi connectivity index (χ4n) is 14.6. The molecule has 0 saturated heterocycles. The molecule has 1 aromatic heterocycles. The van der Waals surface area contributed by atoms with Gasteiger partial charge in [-0.05, 0) is 175 Å². The van der Waals surface area contributed by atoms with Crippen molar-refractivity contribution in [2.45, 2.75) is 84.1 Å². The number of hydrogen-bond acceptors (Lipinski definition) is 1. The number of anilines is 3. The maximum absolute atomic E-state index is 2.64. The van der Waals surface area contributed by atoms with Crippen molar-refractivity contribution in [3.8, 4) is 44.6 Å². The summed E-state index contributed by atoms with van der Waals surface area (Å²) in [7, 11) is 0. The van der Waals surface area contributed by atoms with Crippen LogP contribution in [-0.2, 0) is 18.4 Å². The molecule has 4 unspecified atom stereocenters. The number of nitrogens with zero attached hydrogens (tertiary/aromatic N) is 2. The fraction of sp³-hybridized carbons (Fsp3) is 0.197. The van der Waals surface area contributed by atoms with Gasteiger partial charge in [-0.2, -0.15) is 4.57 Å². The number of unbranched alkanes of at least 4 members (excludes halogenated alkanes) is 1. The average molecular weight is 1010 g/mol. The molecule has 382 valence electrons. The molecular formula is C76H69N2+. The highest BCUT2D eigenvalue weighted by Crippen LogP contribution is 2.58. The van der Waals surface area contributed by atoms with E-state index in [1.54, 1.807) is 5.57 Å². The zero-order chi connectivity index (χ0) is 52.7. The molecule has 3 aliphatic rings. The Morgan fingerprint density at radius 3 is 1.92 bits per heavy atom. The van der Waals surface area contributed by atoms with Gasteiger partial charge in [-0.3, -0.25) is 0 Å². The minimum atomic E-state index is -0.179. The number of rotatable bonds is 12. The third-order valence-electron chi connectivity index (χ3n) is 18.3. The predicted molar refractivity (Wildman–Crippen MR) is 329 cm³/mol. The zero-order valence-corrected chi connectivity index (χ0v) is 45.7. The maximum Gasteiger partial charge on any atom is 0.220 e. The summed E-state index contributed by atoms with van der Waals surface area (Å²) in [5.41, 5.74) is 22.0. The molecule has 13 rings (SSSR count). The lowest BCUT2D eigenvalue weighted by molar-refractivity contribution is -0.691. The summed E-state index contributed by atoms with van der Waals surface area (Å²) in [6, 6.07) is 84.5. The number of allylic oxidation sites excluding steroid dienone is 2. The summed E-state index contributed by atoms with van der Waals surface area (Å²) in [6.07, 6.45) is 14.1. The Labute approximate surface area is 462 Å². The van der Waals surface area contributed by atoms with E-state index in [2.05, 4.69) is 280 Å². The van der Waals surface area contributed by atoms with E-state index in [1.807, 2.05) is 0 Å². The Kier molecular flexibility index (Phi) is 13.2. The Morgan fingerprint density at radius 2 is 1.18 bits per heavy atom. The van der Waals surface area contributed by atoms with Crippen LogP contribution in [0.2, 0.25) is 0 Å². The van der Waals surface area contributed by atoms with E-state index in [0.717, 1.165) is 49.3 Å². The second-order valence-electron chi connectivity index (χ2n) is 22.3. The summed E-state index contributed by atoms with van der Waals surface area (Å²) in [6.45, 7) is 10.8. The molecule has 1 aliphatic heterocycles. The van der Waals surface area contributed by atoms with Crippen molar-refractivity contribution in [2.24, 2.45) is 11.8 Å². The summed E-state index contributed by atoms with van der Waals surface area (Å²) in [5.74, 6) is 0.991. The highest BCUT2D eigenvalue weighted by molar-refractivity contribution is 5.95. The fourth-order valence-corrected chi connectivity index (χ4v) is 14.6. The largest absolute Gasteiger partial charge is 0.310 e. The van der Waals surface area contributed by atoms with E-state index in [-0.39, 0.29) is 11.3 Å². The van der Waals surface area contributed by atoms with Crippen LogP contribution in [0.1, 0.15) is 88.0 Å². The quantitative estimate of drug-likeness (QED) is 0.111. The van der Waals surface area contributed by atoms with Gasteiger partial charge < -0.3 is 4.90 Å². The molecule has 0 N–H and O–H groups in total. The smallest absolute Gasteiger partial charge is 0.220 e. The summed E-state index contributed by atoms with van der Waals surface area (Å²) >= 11 is 0. The molecule has 0 spiro atoms. The van der Waals surface area contributed by atoms with Gasteiger partial charge in [0.25, 0.3) is 0 Å². The first kappa shape index (κ1) is 49.3. The molecule has 0 fully saturated rings. The lowest BCUT2D eigenvalue weighted by atomic mass is 9.52. The molecule has 78 heavy (non-hydrogen) atoms. The first-order chi connectivity index (χ1) is 38.4. The maximum atomic E-state index is 2.64. The van der Waals surface area contributed by atoms with Gasteiger partial charge in [0, 0.05) is 28.5 Å². The molecule has 4 atom stereocenters. The van der Waals surface area contributed by atoms with Crippen LogP contribution in [0.5, 0.6) is 0 Å². The molecule has 0 radical (unpaired) electrons. The average Bonchev–Trinajstić information content (AvgIpc) is 3.76. The first-order valence-corrected chi connectivity index (χ1v) is 28.8. The molecule has 2 aliphatic carbocycles. The number of aromatic nitrogens is 1. The highest BCUT2D eigenvalue weighted by atomic mass is 15.1. The van der Waals surface area contributed by atoms with Gasteiger partial charge in [-0.15, -0.1) is 0 Å². The number of aryl methyl sites for hydroxylation is 1. The highest BCUT2D eigenvalue weighted by Gasteiger charge is 2.53. The number of hydrogen-bond donors (Lipinski definition) is 0. The van der Waals surface area contributed by atoms with Gasteiger partial charge in [0.05, 0.1) is 16.9 Å². The molecule has 0 amide bonds. The van der Waals surface area contributed by atoms with E-state index >= 15 is 0 Å². The second kappa shape index (κ2) is 20.9.